The molecule has 4 aromatic rings. The van der Waals surface area contributed by atoms with Gasteiger partial charge in [-0.25, -0.2) is 8.42 Å². The number of nitrogens with two attached hydrogens (primary N) is 1. The Morgan fingerprint density at radius 3 is 2.26 bits per heavy atom. The van der Waals surface area contributed by atoms with Crippen LogP contribution in [0, 0.1) is 5.41 Å². The molecule has 46 heavy (non-hydrogen) atoms. The lowest BCUT2D eigenvalue weighted by Gasteiger charge is -2.38. The molecule has 2 atom stereocenters. The van der Waals surface area contributed by atoms with Gasteiger partial charge in [0, 0.05) is 18.7 Å². The van der Waals surface area contributed by atoms with Crippen molar-refractivity contribution in [2.75, 3.05) is 6.54 Å². The van der Waals surface area contributed by atoms with Gasteiger partial charge in [-0.05, 0) is 53.3 Å². The number of likely N-dealkylation sites (tertiary alicyclic amines) is 1. The molecule has 0 spiro atoms. The van der Waals surface area contributed by atoms with Crippen LogP contribution < -0.4 is 15.8 Å². The molecule has 1 heterocycles. The molecule has 0 unspecified atom stereocenters. The number of carbonyl (C=O) groups excluding carboxylic acids is 2. The molecular formula is C34H35N5O6S. The van der Waals surface area contributed by atoms with Crippen LogP contribution in [0.1, 0.15) is 36.0 Å². The third kappa shape index (κ3) is 7.08. The van der Waals surface area contributed by atoms with Gasteiger partial charge >= 0.3 is 5.97 Å². The van der Waals surface area contributed by atoms with Gasteiger partial charge in [-0.15, -0.1) is 0 Å². The van der Waals surface area contributed by atoms with Crippen LogP contribution in [0.5, 0.6) is 0 Å². The van der Waals surface area contributed by atoms with Gasteiger partial charge in [0.25, 0.3) is 0 Å². The van der Waals surface area contributed by atoms with E-state index in [1.807, 2.05) is 12.1 Å². The van der Waals surface area contributed by atoms with Crippen molar-refractivity contribution in [3.63, 3.8) is 0 Å². The van der Waals surface area contributed by atoms with Crippen LogP contribution in [0.15, 0.2) is 102 Å². The van der Waals surface area contributed by atoms with E-state index in [4.69, 9.17) is 11.1 Å². The fourth-order valence-electron chi connectivity index (χ4n) is 5.91. The molecule has 0 aromatic heterocycles. The standard InChI is InChI=1S/C34H35N5O6S/c35-31(36)26-13-11-24(12-14-26)22-37-33(43)34(21-30(40)41)17-6-18-39(34)32(42)29(19-23-7-2-1-3-8-23)38-46(44,45)28-16-15-25-9-4-5-10-27(25)20-28/h1-5,7-16,20,29,38H,6,17-19,21-22H2,(H3,35,36)(H,37,43)(H,40,41)/t29-,34-/m1/s1. The number of hydrogen-bond acceptors (Lipinski definition) is 6. The molecule has 12 heteroatoms. The molecule has 0 aliphatic carbocycles. The second kappa shape index (κ2) is 13.5. The van der Waals surface area contributed by atoms with Crippen molar-refractivity contribution in [3.05, 3.63) is 114 Å². The number of benzene rings is 4. The average Bonchev–Trinajstić information content (AvgIpc) is 3.47. The van der Waals surface area contributed by atoms with E-state index in [1.165, 1.54) is 17.0 Å². The van der Waals surface area contributed by atoms with Crippen LogP contribution in [-0.2, 0) is 37.4 Å². The summed E-state index contributed by atoms with van der Waals surface area (Å²) in [7, 11) is -4.22. The van der Waals surface area contributed by atoms with E-state index in [-0.39, 0.29) is 36.7 Å². The topological polar surface area (TPSA) is 183 Å². The number of rotatable bonds is 12. The molecule has 2 amide bonds. The van der Waals surface area contributed by atoms with Crippen LogP contribution >= 0.6 is 0 Å². The fourth-order valence-corrected chi connectivity index (χ4v) is 7.13. The SMILES string of the molecule is N=C(N)c1ccc(CNC(=O)[C@]2(CC(=O)O)CCCN2C(=O)[C@@H](Cc2ccccc2)NS(=O)(=O)c2ccc3ccccc3c2)cc1. The highest BCUT2D eigenvalue weighted by Crippen LogP contribution is 2.34. The molecule has 1 aliphatic rings. The van der Waals surface area contributed by atoms with Gasteiger partial charge in [0.1, 0.15) is 17.4 Å². The number of sulfonamides is 1. The summed E-state index contributed by atoms with van der Waals surface area (Å²) in [5.74, 6) is -2.70. The molecule has 4 aromatic carbocycles. The normalized spacial score (nSPS) is 17.0. The van der Waals surface area contributed by atoms with Crippen LogP contribution in [0.3, 0.4) is 0 Å². The van der Waals surface area contributed by atoms with Gasteiger partial charge in [0.15, 0.2) is 0 Å². The van der Waals surface area contributed by atoms with Crippen LogP contribution in [-0.4, -0.2) is 60.2 Å². The number of carboxylic acid groups (broad SMARTS) is 1. The number of aliphatic carboxylic acids is 1. The molecule has 11 nitrogen and oxygen atoms in total. The van der Waals surface area contributed by atoms with E-state index in [1.54, 1.807) is 72.8 Å². The van der Waals surface area contributed by atoms with Gasteiger partial charge in [0.2, 0.25) is 21.8 Å². The minimum absolute atomic E-state index is 0.0176. The van der Waals surface area contributed by atoms with E-state index in [2.05, 4.69) is 10.0 Å². The van der Waals surface area contributed by atoms with Crippen LogP contribution in [0.4, 0.5) is 0 Å². The van der Waals surface area contributed by atoms with E-state index < -0.39 is 45.8 Å². The summed E-state index contributed by atoms with van der Waals surface area (Å²) < 4.78 is 30.0. The first-order chi connectivity index (χ1) is 22.0. The molecule has 0 radical (unpaired) electrons. The van der Waals surface area contributed by atoms with Crippen molar-refractivity contribution in [3.8, 4) is 0 Å². The smallest absolute Gasteiger partial charge is 0.306 e. The first kappa shape index (κ1) is 32.3. The fraction of sp³-hybridized carbons (Fsp3) is 0.235. The Kier molecular flexibility index (Phi) is 9.49. The first-order valence-corrected chi connectivity index (χ1v) is 16.3. The van der Waals surface area contributed by atoms with Crippen molar-refractivity contribution in [2.24, 2.45) is 5.73 Å². The summed E-state index contributed by atoms with van der Waals surface area (Å²) in [5, 5.41) is 21.8. The van der Waals surface area contributed by atoms with Crippen molar-refractivity contribution >= 4 is 44.4 Å². The highest BCUT2D eigenvalue weighted by Gasteiger charge is 2.52. The summed E-state index contributed by atoms with van der Waals surface area (Å²) in [6.07, 6.45) is -0.218. The highest BCUT2D eigenvalue weighted by molar-refractivity contribution is 7.89. The number of nitrogen functional groups attached to an aromatic ring is 1. The summed E-state index contributed by atoms with van der Waals surface area (Å²) in [5.41, 5.74) is 5.67. The van der Waals surface area contributed by atoms with E-state index >= 15 is 0 Å². The quantitative estimate of drug-likeness (QED) is 0.116. The maximum atomic E-state index is 14.3. The maximum absolute atomic E-state index is 14.3. The van der Waals surface area contributed by atoms with Gasteiger partial charge < -0.3 is 21.1 Å². The Balaban J connectivity index is 1.44. The average molecular weight is 642 g/mol. The first-order valence-electron chi connectivity index (χ1n) is 14.8. The Morgan fingerprint density at radius 2 is 1.59 bits per heavy atom. The summed E-state index contributed by atoms with van der Waals surface area (Å²) in [4.78, 5) is 41.5. The number of amidine groups is 1. The lowest BCUT2D eigenvalue weighted by atomic mass is 9.89. The number of nitrogens with zero attached hydrogens (tertiary/aromatic N) is 1. The van der Waals surface area contributed by atoms with Gasteiger partial charge in [-0.1, -0.05) is 84.9 Å². The molecule has 238 valence electrons. The molecule has 1 saturated heterocycles. The lowest BCUT2D eigenvalue weighted by Crippen LogP contribution is -2.62. The Labute approximate surface area is 267 Å². The molecule has 6 N–H and O–H groups in total. The van der Waals surface area contributed by atoms with Crippen LogP contribution in [0.2, 0.25) is 0 Å². The van der Waals surface area contributed by atoms with Gasteiger partial charge in [0.05, 0.1) is 11.3 Å². The second-order valence-corrected chi connectivity index (χ2v) is 13.1. The Bertz CT molecular complexity index is 1880. The van der Waals surface area contributed by atoms with E-state index in [9.17, 15) is 27.9 Å². The lowest BCUT2D eigenvalue weighted by molar-refractivity contribution is -0.152. The molecule has 1 aliphatic heterocycles. The zero-order chi connectivity index (χ0) is 32.9. The number of amides is 2. The van der Waals surface area contributed by atoms with Crippen molar-refractivity contribution in [1.82, 2.24) is 14.9 Å². The molecule has 5 rings (SSSR count). The van der Waals surface area contributed by atoms with E-state index in [0.717, 1.165) is 5.39 Å². The second-order valence-electron chi connectivity index (χ2n) is 11.4. The number of carbonyl (C=O) groups is 3. The predicted octanol–water partition coefficient (Wildman–Crippen LogP) is 3.17. The largest absolute Gasteiger partial charge is 0.481 e. The number of carboxylic acids is 1. The van der Waals surface area contributed by atoms with E-state index in [0.29, 0.717) is 28.5 Å². The summed E-state index contributed by atoms with van der Waals surface area (Å²) >= 11 is 0. The number of fused-ring (bicyclic) bond motifs is 1. The predicted molar refractivity (Wildman–Crippen MR) is 173 cm³/mol. The molecule has 0 saturated carbocycles. The van der Waals surface area contributed by atoms with Crippen LogP contribution in [0.25, 0.3) is 10.8 Å². The third-order valence-corrected chi connectivity index (χ3v) is 9.72. The molecule has 0 bridgehead atoms. The van der Waals surface area contributed by atoms with Crippen molar-refractivity contribution < 1.29 is 27.9 Å². The highest BCUT2D eigenvalue weighted by atomic mass is 32.2. The minimum Gasteiger partial charge on any atom is -0.481 e. The van der Waals surface area contributed by atoms with Crippen molar-refractivity contribution in [2.45, 2.75) is 48.7 Å². The summed E-state index contributed by atoms with van der Waals surface area (Å²) in [6, 6.07) is 26.2. The number of hydrogen-bond donors (Lipinski definition) is 5. The molecule has 1 fully saturated rings. The minimum atomic E-state index is -4.22. The number of nitrogens with one attached hydrogen (secondary N) is 3. The van der Waals surface area contributed by atoms with Gasteiger partial charge in [-0.2, -0.15) is 4.72 Å². The maximum Gasteiger partial charge on any atom is 0.306 e. The monoisotopic (exact) mass is 641 g/mol. The van der Waals surface area contributed by atoms with Crippen molar-refractivity contribution in [1.29, 1.82) is 5.41 Å². The zero-order valence-corrected chi connectivity index (χ0v) is 25.8. The molecular weight excluding hydrogens is 606 g/mol. The Morgan fingerprint density at radius 1 is 0.913 bits per heavy atom. The third-order valence-electron chi connectivity index (χ3n) is 8.25. The van der Waals surface area contributed by atoms with Gasteiger partial charge in [-0.3, -0.25) is 19.8 Å². The Hall–Kier alpha value is -5.07. The zero-order valence-electron chi connectivity index (χ0n) is 25.0. The summed E-state index contributed by atoms with van der Waals surface area (Å²) in [6.45, 7) is 0.123.